The Hall–Kier alpha value is -1.37. The molecule has 0 aliphatic heterocycles. The molecule has 0 spiro atoms. The number of hydrogen-bond donors (Lipinski definition) is 1. The van der Waals surface area contributed by atoms with Gasteiger partial charge in [0.25, 0.3) is 0 Å². The first-order valence-electron chi connectivity index (χ1n) is 4.83. The molecule has 0 saturated carbocycles. The highest BCUT2D eigenvalue weighted by molar-refractivity contribution is 7.80. The van der Waals surface area contributed by atoms with Gasteiger partial charge >= 0.3 is 6.18 Å². The van der Waals surface area contributed by atoms with E-state index in [0.717, 1.165) is 0 Å². The minimum atomic E-state index is -4.18. The van der Waals surface area contributed by atoms with E-state index in [1.165, 1.54) is 17.3 Å². The van der Waals surface area contributed by atoms with E-state index in [-0.39, 0.29) is 11.5 Å². The normalized spacial score (nSPS) is 11.3. The summed E-state index contributed by atoms with van der Waals surface area (Å²) in [6, 6.07) is 1.59. The van der Waals surface area contributed by atoms with Gasteiger partial charge in [-0.05, 0) is 6.07 Å². The first kappa shape index (κ1) is 13.7. The van der Waals surface area contributed by atoms with Crippen LogP contribution in [0.2, 0.25) is 0 Å². The molecule has 0 amide bonds. The first-order valence-corrected chi connectivity index (χ1v) is 5.24. The van der Waals surface area contributed by atoms with Crippen molar-refractivity contribution in [3.63, 3.8) is 0 Å². The summed E-state index contributed by atoms with van der Waals surface area (Å²) < 4.78 is 36.3. The third-order valence-electron chi connectivity index (χ3n) is 2.21. The van der Waals surface area contributed by atoms with E-state index >= 15 is 0 Å². The van der Waals surface area contributed by atoms with Crippen LogP contribution in [0.25, 0.3) is 0 Å². The molecule has 2 N–H and O–H groups in total. The lowest BCUT2D eigenvalue weighted by atomic mass is 10.2. The smallest absolute Gasteiger partial charge is 0.389 e. The molecule has 0 aliphatic rings. The molecule has 0 aliphatic carbocycles. The second-order valence-electron chi connectivity index (χ2n) is 3.54. The zero-order chi connectivity index (χ0) is 13.1. The molecule has 0 unspecified atom stereocenters. The van der Waals surface area contributed by atoms with Crippen molar-refractivity contribution < 1.29 is 13.2 Å². The molecule has 0 atom stereocenters. The highest BCUT2D eigenvalue weighted by Gasteiger charge is 2.27. The van der Waals surface area contributed by atoms with E-state index in [0.29, 0.717) is 11.3 Å². The standard InChI is InChI=1S/C10H12F3N3S/c1-16(5-3-10(11,12)13)8-6-15-4-2-7(8)9(14)17/h2,4,6H,3,5H2,1H3,(H2,14,17). The number of nitrogens with zero attached hydrogens (tertiary/aromatic N) is 2. The third kappa shape index (κ3) is 4.18. The monoisotopic (exact) mass is 263 g/mol. The molecule has 0 radical (unpaired) electrons. The fraction of sp³-hybridized carbons (Fsp3) is 0.400. The van der Waals surface area contributed by atoms with Gasteiger partial charge in [-0.1, -0.05) is 12.2 Å². The minimum absolute atomic E-state index is 0.140. The third-order valence-corrected chi connectivity index (χ3v) is 2.43. The maximum absolute atomic E-state index is 12.1. The summed E-state index contributed by atoms with van der Waals surface area (Å²) in [6.07, 6.45) is -2.13. The van der Waals surface area contributed by atoms with Crippen LogP contribution in [-0.4, -0.2) is 29.7 Å². The fourth-order valence-corrected chi connectivity index (χ4v) is 1.49. The number of aromatic nitrogens is 1. The number of rotatable bonds is 4. The molecular weight excluding hydrogens is 251 g/mol. The van der Waals surface area contributed by atoms with Gasteiger partial charge in [-0.2, -0.15) is 13.2 Å². The average Bonchev–Trinajstić information content (AvgIpc) is 2.25. The Balaban J connectivity index is 2.82. The molecular formula is C10H12F3N3S. The van der Waals surface area contributed by atoms with E-state index < -0.39 is 12.6 Å². The van der Waals surface area contributed by atoms with Crippen LogP contribution in [0.15, 0.2) is 18.5 Å². The van der Waals surface area contributed by atoms with Crippen LogP contribution in [0.1, 0.15) is 12.0 Å². The van der Waals surface area contributed by atoms with Gasteiger partial charge in [-0.25, -0.2) is 0 Å². The number of hydrogen-bond acceptors (Lipinski definition) is 3. The number of pyridine rings is 1. The second kappa shape index (κ2) is 5.31. The number of halogens is 3. The second-order valence-corrected chi connectivity index (χ2v) is 3.98. The van der Waals surface area contributed by atoms with Crippen molar-refractivity contribution in [2.75, 3.05) is 18.5 Å². The van der Waals surface area contributed by atoms with Crippen LogP contribution in [0.3, 0.4) is 0 Å². The quantitative estimate of drug-likeness (QED) is 0.845. The molecule has 0 saturated heterocycles. The predicted octanol–water partition coefficient (Wildman–Crippen LogP) is 2.10. The lowest BCUT2D eigenvalue weighted by molar-refractivity contribution is -0.132. The van der Waals surface area contributed by atoms with Gasteiger partial charge in [0.2, 0.25) is 0 Å². The summed E-state index contributed by atoms with van der Waals surface area (Å²) in [6.45, 7) is -0.162. The maximum atomic E-state index is 12.1. The summed E-state index contributed by atoms with van der Waals surface area (Å²) in [4.78, 5) is 5.43. The number of anilines is 1. The Labute approximate surface area is 102 Å². The van der Waals surface area contributed by atoms with E-state index in [9.17, 15) is 13.2 Å². The van der Waals surface area contributed by atoms with E-state index in [4.69, 9.17) is 18.0 Å². The zero-order valence-corrected chi connectivity index (χ0v) is 9.98. The lowest BCUT2D eigenvalue weighted by Gasteiger charge is -2.22. The van der Waals surface area contributed by atoms with E-state index in [1.54, 1.807) is 13.1 Å². The molecule has 1 heterocycles. The summed E-state index contributed by atoms with van der Waals surface area (Å²) in [5, 5.41) is 0. The van der Waals surface area contributed by atoms with Crippen LogP contribution in [0, 0.1) is 0 Å². The van der Waals surface area contributed by atoms with Crippen molar-refractivity contribution in [1.82, 2.24) is 4.98 Å². The van der Waals surface area contributed by atoms with Gasteiger partial charge in [0.1, 0.15) is 4.99 Å². The molecule has 94 valence electrons. The minimum Gasteiger partial charge on any atom is -0.389 e. The van der Waals surface area contributed by atoms with Crippen LogP contribution in [0.5, 0.6) is 0 Å². The highest BCUT2D eigenvalue weighted by atomic mass is 32.1. The lowest BCUT2D eigenvalue weighted by Crippen LogP contribution is -2.26. The Morgan fingerprint density at radius 2 is 2.18 bits per heavy atom. The Bertz CT molecular complexity index is 406. The van der Waals surface area contributed by atoms with Crippen molar-refractivity contribution in [2.24, 2.45) is 5.73 Å². The van der Waals surface area contributed by atoms with Crippen LogP contribution in [0.4, 0.5) is 18.9 Å². The Kier molecular flexibility index (Phi) is 4.28. The fourth-order valence-electron chi connectivity index (χ4n) is 1.31. The van der Waals surface area contributed by atoms with Gasteiger partial charge in [-0.3, -0.25) is 4.98 Å². The predicted molar refractivity (Wildman–Crippen MR) is 64.1 cm³/mol. The first-order chi connectivity index (χ1) is 7.81. The molecule has 0 bridgehead atoms. The number of alkyl halides is 3. The van der Waals surface area contributed by atoms with E-state index in [2.05, 4.69) is 4.98 Å². The van der Waals surface area contributed by atoms with Crippen LogP contribution >= 0.6 is 12.2 Å². The van der Waals surface area contributed by atoms with Crippen molar-refractivity contribution in [2.45, 2.75) is 12.6 Å². The average molecular weight is 263 g/mol. The van der Waals surface area contributed by atoms with Crippen molar-refractivity contribution >= 4 is 22.9 Å². The van der Waals surface area contributed by atoms with Crippen molar-refractivity contribution in [3.05, 3.63) is 24.0 Å². The summed E-state index contributed by atoms with van der Waals surface area (Å²) in [5.74, 6) is 0. The summed E-state index contributed by atoms with van der Waals surface area (Å²) >= 11 is 4.83. The zero-order valence-electron chi connectivity index (χ0n) is 9.16. The molecule has 1 rings (SSSR count). The van der Waals surface area contributed by atoms with Crippen molar-refractivity contribution in [1.29, 1.82) is 0 Å². The maximum Gasteiger partial charge on any atom is 0.390 e. The molecule has 0 aromatic carbocycles. The molecule has 1 aromatic rings. The SMILES string of the molecule is CN(CCC(F)(F)F)c1cnccc1C(N)=S. The van der Waals surface area contributed by atoms with E-state index in [1.807, 2.05) is 0 Å². The molecule has 3 nitrogen and oxygen atoms in total. The van der Waals surface area contributed by atoms with Gasteiger partial charge in [0, 0.05) is 25.4 Å². The Morgan fingerprint density at radius 3 is 2.71 bits per heavy atom. The number of nitrogens with two attached hydrogens (primary N) is 1. The van der Waals surface area contributed by atoms with Gasteiger partial charge in [-0.15, -0.1) is 0 Å². The number of thiocarbonyl (C=S) groups is 1. The molecule has 0 fully saturated rings. The largest absolute Gasteiger partial charge is 0.390 e. The van der Waals surface area contributed by atoms with Gasteiger partial charge < -0.3 is 10.6 Å². The Morgan fingerprint density at radius 1 is 1.53 bits per heavy atom. The van der Waals surface area contributed by atoms with Crippen LogP contribution < -0.4 is 10.6 Å². The van der Waals surface area contributed by atoms with Crippen molar-refractivity contribution in [3.8, 4) is 0 Å². The summed E-state index contributed by atoms with van der Waals surface area (Å²) in [7, 11) is 1.55. The molecule has 17 heavy (non-hydrogen) atoms. The van der Waals surface area contributed by atoms with Gasteiger partial charge in [0.15, 0.2) is 0 Å². The summed E-state index contributed by atoms with van der Waals surface area (Å²) in [5.41, 5.74) is 6.52. The topological polar surface area (TPSA) is 42.2 Å². The molecule has 1 aromatic heterocycles. The van der Waals surface area contributed by atoms with Gasteiger partial charge in [0.05, 0.1) is 18.3 Å². The highest BCUT2D eigenvalue weighted by Crippen LogP contribution is 2.23. The van der Waals surface area contributed by atoms with Crippen LogP contribution in [-0.2, 0) is 0 Å². The molecule has 7 heteroatoms.